The van der Waals surface area contributed by atoms with Gasteiger partial charge in [-0.3, -0.25) is 15.3 Å². The standard InChI is InChI=1S/C23H26N6O/c24-12-13-30-29-23(25)18-8-6-17(7-9-18)22(16-4-2-1-3-5-16)27-20-10-11-21-19(14-20)15-26-28-21/h4,6-11,14-15H,1-3,5,12-13,24H2,(H2,25,29)(H,26,28)/b27-22+. The van der Waals surface area contributed by atoms with Gasteiger partial charge >= 0.3 is 0 Å². The van der Waals surface area contributed by atoms with Gasteiger partial charge in [-0.05, 0) is 49.5 Å². The smallest absolute Gasteiger partial charge is 0.149 e. The average Bonchev–Trinajstić information content (AvgIpc) is 3.26. The Hall–Kier alpha value is -3.29. The Labute approximate surface area is 175 Å². The zero-order valence-electron chi connectivity index (χ0n) is 16.8. The van der Waals surface area contributed by atoms with Crippen LogP contribution in [0.4, 0.5) is 5.69 Å². The van der Waals surface area contributed by atoms with Crippen molar-refractivity contribution in [3.63, 3.8) is 0 Å². The van der Waals surface area contributed by atoms with Crippen molar-refractivity contribution in [3.8, 4) is 0 Å². The van der Waals surface area contributed by atoms with Crippen molar-refractivity contribution in [2.75, 3.05) is 13.2 Å². The summed E-state index contributed by atoms with van der Waals surface area (Å²) in [5.41, 5.74) is 14.0. The van der Waals surface area contributed by atoms with Crippen molar-refractivity contribution in [2.45, 2.75) is 25.7 Å². The molecule has 0 aliphatic heterocycles. The molecule has 1 aliphatic rings. The Morgan fingerprint density at radius 1 is 1.17 bits per heavy atom. The first-order valence-corrected chi connectivity index (χ1v) is 10.2. The highest BCUT2D eigenvalue weighted by atomic mass is 16.6. The predicted octanol–water partition coefficient (Wildman–Crippen LogP) is 3.99. The predicted molar refractivity (Wildman–Crippen MR) is 120 cm³/mol. The molecule has 0 saturated heterocycles. The lowest BCUT2D eigenvalue weighted by molar-refractivity contribution is 0.0915. The molecule has 0 fully saturated rings. The van der Waals surface area contributed by atoms with Gasteiger partial charge in [-0.2, -0.15) is 5.10 Å². The van der Waals surface area contributed by atoms with Gasteiger partial charge in [0.25, 0.3) is 0 Å². The second-order valence-corrected chi connectivity index (χ2v) is 7.27. The van der Waals surface area contributed by atoms with E-state index in [0.29, 0.717) is 13.2 Å². The molecule has 154 valence electrons. The van der Waals surface area contributed by atoms with Crippen molar-refractivity contribution in [1.82, 2.24) is 15.7 Å². The van der Waals surface area contributed by atoms with Gasteiger partial charge in [0.05, 0.1) is 29.7 Å². The summed E-state index contributed by atoms with van der Waals surface area (Å²) < 4.78 is 0. The fraction of sp³-hybridized carbons (Fsp3) is 0.261. The Morgan fingerprint density at radius 3 is 2.77 bits per heavy atom. The summed E-state index contributed by atoms with van der Waals surface area (Å²) in [5, 5.41) is 16.2. The number of hydrogen-bond acceptors (Lipinski definition) is 5. The number of amidine groups is 1. The number of benzene rings is 2. The zero-order chi connectivity index (χ0) is 20.8. The normalized spacial score (nSPS) is 14.6. The van der Waals surface area contributed by atoms with Crippen molar-refractivity contribution >= 4 is 28.1 Å². The number of hydroxylamine groups is 1. The van der Waals surface area contributed by atoms with Crippen molar-refractivity contribution in [3.05, 3.63) is 71.4 Å². The molecule has 2 aromatic carbocycles. The molecule has 0 spiro atoms. The van der Waals surface area contributed by atoms with E-state index >= 15 is 0 Å². The Kier molecular flexibility index (Phi) is 6.32. The molecule has 0 saturated carbocycles. The summed E-state index contributed by atoms with van der Waals surface area (Å²) >= 11 is 0. The van der Waals surface area contributed by atoms with E-state index in [-0.39, 0.29) is 5.84 Å². The summed E-state index contributed by atoms with van der Waals surface area (Å²) in [4.78, 5) is 10.2. The van der Waals surface area contributed by atoms with Crippen LogP contribution >= 0.6 is 0 Å². The van der Waals surface area contributed by atoms with Gasteiger partial charge < -0.3 is 5.73 Å². The maximum Gasteiger partial charge on any atom is 0.149 e. The van der Waals surface area contributed by atoms with Crippen molar-refractivity contribution in [2.24, 2.45) is 10.7 Å². The Balaban J connectivity index is 1.64. The van der Waals surface area contributed by atoms with E-state index in [1.165, 1.54) is 18.4 Å². The van der Waals surface area contributed by atoms with Gasteiger partial charge in [0.2, 0.25) is 0 Å². The van der Waals surface area contributed by atoms with Crippen molar-refractivity contribution in [1.29, 1.82) is 5.41 Å². The van der Waals surface area contributed by atoms with E-state index in [2.05, 4.69) is 21.8 Å². The highest BCUT2D eigenvalue weighted by Gasteiger charge is 2.14. The van der Waals surface area contributed by atoms with Crippen LogP contribution in [0.1, 0.15) is 36.8 Å². The quantitative estimate of drug-likeness (QED) is 0.207. The molecule has 0 radical (unpaired) electrons. The SMILES string of the molecule is N=C(NOCCN)c1ccc(/C(=N/c2ccc3[nH]ncc3c2)C2=CCCCC2)cc1. The van der Waals surface area contributed by atoms with E-state index in [1.54, 1.807) is 0 Å². The molecule has 30 heavy (non-hydrogen) atoms. The number of aromatic amines is 1. The third-order valence-electron chi connectivity index (χ3n) is 5.10. The fourth-order valence-corrected chi connectivity index (χ4v) is 3.54. The average molecular weight is 403 g/mol. The molecule has 0 bridgehead atoms. The molecule has 1 aromatic heterocycles. The number of H-pyrrole nitrogens is 1. The largest absolute Gasteiger partial charge is 0.328 e. The lowest BCUT2D eigenvalue weighted by Crippen LogP contribution is -2.26. The Morgan fingerprint density at radius 2 is 2.00 bits per heavy atom. The summed E-state index contributed by atoms with van der Waals surface area (Å²) in [5.74, 6) is 0.204. The Bertz CT molecular complexity index is 1080. The molecule has 1 aliphatic carbocycles. The van der Waals surface area contributed by atoms with E-state index in [9.17, 15) is 0 Å². The van der Waals surface area contributed by atoms with Crippen LogP contribution < -0.4 is 11.2 Å². The number of aromatic nitrogens is 2. The molecular weight excluding hydrogens is 376 g/mol. The van der Waals surface area contributed by atoms with Crippen molar-refractivity contribution < 1.29 is 4.84 Å². The molecule has 0 unspecified atom stereocenters. The minimum atomic E-state index is 0.204. The van der Waals surface area contributed by atoms with Crippen LogP contribution in [0.2, 0.25) is 0 Å². The second-order valence-electron chi connectivity index (χ2n) is 7.27. The van der Waals surface area contributed by atoms with Crippen LogP contribution in [0, 0.1) is 5.41 Å². The number of fused-ring (bicyclic) bond motifs is 1. The van der Waals surface area contributed by atoms with Gasteiger partial charge in [-0.1, -0.05) is 30.3 Å². The maximum absolute atomic E-state index is 8.10. The maximum atomic E-state index is 8.10. The number of rotatable bonds is 7. The van der Waals surface area contributed by atoms with Crippen LogP contribution in [0.3, 0.4) is 0 Å². The van der Waals surface area contributed by atoms with Gasteiger partial charge in [-0.15, -0.1) is 0 Å². The lowest BCUT2D eigenvalue weighted by atomic mass is 9.91. The van der Waals surface area contributed by atoms with Gasteiger partial charge in [-0.25, -0.2) is 10.5 Å². The number of aliphatic imine (C=N–C) groups is 1. The fourth-order valence-electron chi connectivity index (χ4n) is 3.54. The minimum Gasteiger partial charge on any atom is -0.328 e. The van der Waals surface area contributed by atoms with E-state index in [0.717, 1.165) is 46.3 Å². The van der Waals surface area contributed by atoms with E-state index in [4.69, 9.17) is 21.0 Å². The first kappa shape index (κ1) is 20.0. The number of nitrogens with two attached hydrogens (primary N) is 1. The van der Waals surface area contributed by atoms with Crippen LogP contribution in [0.5, 0.6) is 0 Å². The summed E-state index contributed by atoms with van der Waals surface area (Å²) in [6.45, 7) is 0.755. The summed E-state index contributed by atoms with van der Waals surface area (Å²) in [7, 11) is 0. The first-order chi connectivity index (χ1) is 14.7. The number of nitrogens with zero attached hydrogens (tertiary/aromatic N) is 2. The van der Waals surface area contributed by atoms with Gasteiger partial charge in [0.15, 0.2) is 0 Å². The topological polar surface area (TPSA) is 112 Å². The minimum absolute atomic E-state index is 0.204. The lowest BCUT2D eigenvalue weighted by Gasteiger charge is -2.16. The molecular formula is C23H26N6O. The third-order valence-corrected chi connectivity index (χ3v) is 5.10. The zero-order valence-corrected chi connectivity index (χ0v) is 16.8. The van der Waals surface area contributed by atoms with Crippen LogP contribution in [0.15, 0.2) is 65.3 Å². The number of nitrogens with one attached hydrogen (secondary N) is 3. The molecule has 4 rings (SSSR count). The summed E-state index contributed by atoms with van der Waals surface area (Å²) in [6, 6.07) is 13.9. The van der Waals surface area contributed by atoms with Gasteiger partial charge in [0, 0.05) is 23.1 Å². The van der Waals surface area contributed by atoms with Crippen LogP contribution in [0.25, 0.3) is 10.9 Å². The third kappa shape index (κ3) is 4.64. The molecule has 7 nitrogen and oxygen atoms in total. The molecule has 0 amide bonds. The highest BCUT2D eigenvalue weighted by molar-refractivity contribution is 6.14. The van der Waals surface area contributed by atoms with Crippen LogP contribution in [-0.2, 0) is 4.84 Å². The molecule has 0 atom stereocenters. The molecule has 3 aromatic rings. The molecule has 5 N–H and O–H groups in total. The monoisotopic (exact) mass is 402 g/mol. The summed E-state index contributed by atoms with van der Waals surface area (Å²) in [6.07, 6.45) is 8.63. The molecule has 1 heterocycles. The van der Waals surface area contributed by atoms with Crippen LogP contribution in [-0.4, -0.2) is 34.9 Å². The number of allylic oxidation sites excluding steroid dienone is 2. The highest BCUT2D eigenvalue weighted by Crippen LogP contribution is 2.26. The van der Waals surface area contributed by atoms with E-state index < -0.39 is 0 Å². The second kappa shape index (κ2) is 9.47. The van der Waals surface area contributed by atoms with E-state index in [1.807, 2.05) is 48.7 Å². The molecule has 7 heteroatoms. The first-order valence-electron chi connectivity index (χ1n) is 10.2. The van der Waals surface area contributed by atoms with Gasteiger partial charge in [0.1, 0.15) is 5.84 Å². The number of hydrogen-bond donors (Lipinski definition) is 4.